The van der Waals surface area contributed by atoms with E-state index in [0.29, 0.717) is 17.5 Å². The summed E-state index contributed by atoms with van der Waals surface area (Å²) >= 11 is 3.22. The smallest absolute Gasteiger partial charge is 0.237 e. The second kappa shape index (κ2) is 6.21. The molecule has 0 fully saturated rings. The number of aliphatic hydroxyl groups is 1. The van der Waals surface area contributed by atoms with Gasteiger partial charge in [0.2, 0.25) is 11.7 Å². The Bertz CT molecular complexity index is 663. The molecule has 3 rings (SSSR count). The van der Waals surface area contributed by atoms with Gasteiger partial charge in [0.15, 0.2) is 0 Å². The van der Waals surface area contributed by atoms with Crippen LogP contribution in [0.2, 0.25) is 0 Å². The Hall–Kier alpha value is -1.63. The van der Waals surface area contributed by atoms with Crippen LogP contribution < -0.4 is 0 Å². The summed E-state index contributed by atoms with van der Waals surface area (Å²) in [5, 5.41) is 15.0. The normalized spacial score (nSPS) is 10.8. The zero-order valence-electron chi connectivity index (χ0n) is 10.5. The van der Waals surface area contributed by atoms with Crippen molar-refractivity contribution in [1.82, 2.24) is 10.1 Å². The lowest BCUT2D eigenvalue weighted by atomic mass is 10.2. The first-order chi connectivity index (χ1) is 9.85. The van der Waals surface area contributed by atoms with Gasteiger partial charge in [-0.05, 0) is 29.1 Å². The molecule has 20 heavy (non-hydrogen) atoms. The highest BCUT2D eigenvalue weighted by Crippen LogP contribution is 2.25. The maximum absolute atomic E-state index is 8.99. The highest BCUT2D eigenvalue weighted by atomic mass is 32.2. The number of thioether (sulfide) groups is 1. The van der Waals surface area contributed by atoms with Gasteiger partial charge in [0.05, 0.1) is 17.2 Å². The molecule has 2 heterocycles. The fourth-order valence-electron chi connectivity index (χ4n) is 1.66. The van der Waals surface area contributed by atoms with Gasteiger partial charge in [-0.15, -0.1) is 23.1 Å². The number of aliphatic hydroxyl groups excluding tert-OH is 1. The molecule has 0 unspecified atom stereocenters. The summed E-state index contributed by atoms with van der Waals surface area (Å²) in [6, 6.07) is 11.7. The minimum atomic E-state index is 0.0682. The second-order valence-electron chi connectivity index (χ2n) is 4.08. The van der Waals surface area contributed by atoms with E-state index >= 15 is 0 Å². The minimum Gasteiger partial charge on any atom is -0.392 e. The highest BCUT2D eigenvalue weighted by molar-refractivity contribution is 7.98. The van der Waals surface area contributed by atoms with Crippen LogP contribution in [0.5, 0.6) is 0 Å². The zero-order chi connectivity index (χ0) is 13.8. The maximum Gasteiger partial charge on any atom is 0.237 e. The second-order valence-corrected chi connectivity index (χ2v) is 6.08. The Morgan fingerprint density at radius 3 is 2.75 bits per heavy atom. The van der Waals surface area contributed by atoms with Crippen molar-refractivity contribution < 1.29 is 9.63 Å². The number of nitrogens with zero attached hydrogens (tertiary/aromatic N) is 2. The standard InChI is InChI=1S/C14H12N2O2S2/c17-8-10-3-5-11(6-4-10)20-9-13-15-14(16-18-13)12-2-1-7-19-12/h1-7,17H,8-9H2. The monoisotopic (exact) mass is 304 g/mol. The van der Waals surface area contributed by atoms with Gasteiger partial charge in [-0.1, -0.05) is 23.4 Å². The Balaban J connectivity index is 1.63. The number of aromatic nitrogens is 2. The van der Waals surface area contributed by atoms with Crippen molar-refractivity contribution in [2.45, 2.75) is 17.3 Å². The van der Waals surface area contributed by atoms with Gasteiger partial charge >= 0.3 is 0 Å². The Labute approximate surface area is 124 Å². The molecule has 0 aliphatic heterocycles. The van der Waals surface area contributed by atoms with Gasteiger partial charge in [0, 0.05) is 4.90 Å². The summed E-state index contributed by atoms with van der Waals surface area (Å²) in [5.41, 5.74) is 0.909. The minimum absolute atomic E-state index is 0.0682. The molecule has 4 nitrogen and oxygen atoms in total. The third-order valence-corrected chi connectivity index (χ3v) is 4.54. The van der Waals surface area contributed by atoms with Crippen LogP contribution in [-0.4, -0.2) is 15.2 Å². The largest absolute Gasteiger partial charge is 0.392 e. The number of rotatable bonds is 5. The van der Waals surface area contributed by atoms with Crippen LogP contribution in [-0.2, 0) is 12.4 Å². The molecule has 0 amide bonds. The van der Waals surface area contributed by atoms with Crippen LogP contribution in [0, 0.1) is 0 Å². The lowest BCUT2D eigenvalue weighted by Crippen LogP contribution is -1.83. The summed E-state index contributed by atoms with van der Waals surface area (Å²) in [7, 11) is 0. The topological polar surface area (TPSA) is 59.2 Å². The fourth-order valence-corrected chi connectivity index (χ4v) is 3.04. The summed E-state index contributed by atoms with van der Waals surface area (Å²) in [6.07, 6.45) is 0. The average molecular weight is 304 g/mol. The van der Waals surface area contributed by atoms with Crippen molar-refractivity contribution in [3.63, 3.8) is 0 Å². The van der Waals surface area contributed by atoms with Crippen molar-refractivity contribution in [1.29, 1.82) is 0 Å². The van der Waals surface area contributed by atoms with Crippen LogP contribution in [0.3, 0.4) is 0 Å². The molecule has 3 aromatic rings. The van der Waals surface area contributed by atoms with Crippen LogP contribution in [0.4, 0.5) is 0 Å². The number of hydrogen-bond acceptors (Lipinski definition) is 6. The SMILES string of the molecule is OCc1ccc(SCc2nc(-c3cccs3)no2)cc1. The molecule has 0 radical (unpaired) electrons. The zero-order valence-corrected chi connectivity index (χ0v) is 12.2. The molecule has 1 aromatic carbocycles. The lowest BCUT2D eigenvalue weighted by molar-refractivity contribution is 0.282. The molecule has 2 aromatic heterocycles. The van der Waals surface area contributed by atoms with Crippen LogP contribution >= 0.6 is 23.1 Å². The summed E-state index contributed by atoms with van der Waals surface area (Å²) in [4.78, 5) is 6.49. The Morgan fingerprint density at radius 1 is 1.20 bits per heavy atom. The predicted octanol–water partition coefficient (Wildman–Crippen LogP) is 3.58. The van der Waals surface area contributed by atoms with E-state index in [1.54, 1.807) is 23.1 Å². The highest BCUT2D eigenvalue weighted by Gasteiger charge is 2.09. The lowest BCUT2D eigenvalue weighted by Gasteiger charge is -1.99. The Kier molecular flexibility index (Phi) is 4.15. The van der Waals surface area contributed by atoms with E-state index in [1.807, 2.05) is 41.8 Å². The van der Waals surface area contributed by atoms with Crippen LogP contribution in [0.25, 0.3) is 10.7 Å². The van der Waals surface area contributed by atoms with E-state index in [1.165, 1.54) is 0 Å². The van der Waals surface area contributed by atoms with Crippen molar-refractivity contribution >= 4 is 23.1 Å². The van der Waals surface area contributed by atoms with E-state index in [4.69, 9.17) is 9.63 Å². The number of benzene rings is 1. The van der Waals surface area contributed by atoms with E-state index in [0.717, 1.165) is 15.3 Å². The first-order valence-corrected chi connectivity index (χ1v) is 7.91. The van der Waals surface area contributed by atoms with Crippen molar-refractivity contribution in [3.05, 3.63) is 53.2 Å². The quantitative estimate of drug-likeness (QED) is 0.730. The molecule has 0 saturated carbocycles. The number of thiophene rings is 1. The number of hydrogen-bond donors (Lipinski definition) is 1. The predicted molar refractivity (Wildman–Crippen MR) is 79.5 cm³/mol. The van der Waals surface area contributed by atoms with Crippen LogP contribution in [0.15, 0.2) is 51.2 Å². The first kappa shape index (κ1) is 13.4. The van der Waals surface area contributed by atoms with E-state index < -0.39 is 0 Å². The van der Waals surface area contributed by atoms with Crippen molar-refractivity contribution in [2.75, 3.05) is 0 Å². The van der Waals surface area contributed by atoms with Gasteiger partial charge in [0.25, 0.3) is 0 Å². The van der Waals surface area contributed by atoms with Crippen LogP contribution in [0.1, 0.15) is 11.5 Å². The van der Waals surface area contributed by atoms with Crippen molar-refractivity contribution in [3.8, 4) is 10.7 Å². The molecule has 6 heteroatoms. The Morgan fingerprint density at radius 2 is 2.05 bits per heavy atom. The fraction of sp³-hybridized carbons (Fsp3) is 0.143. The maximum atomic E-state index is 8.99. The van der Waals surface area contributed by atoms with E-state index in [9.17, 15) is 0 Å². The third kappa shape index (κ3) is 3.09. The summed E-state index contributed by atoms with van der Waals surface area (Å²) < 4.78 is 5.24. The molecule has 0 aliphatic carbocycles. The summed E-state index contributed by atoms with van der Waals surface area (Å²) in [5.74, 6) is 1.90. The molecular formula is C14H12N2O2S2. The van der Waals surface area contributed by atoms with Gasteiger partial charge < -0.3 is 9.63 Å². The van der Waals surface area contributed by atoms with E-state index in [2.05, 4.69) is 10.1 Å². The van der Waals surface area contributed by atoms with Gasteiger partial charge in [0.1, 0.15) is 0 Å². The molecule has 0 atom stereocenters. The average Bonchev–Trinajstić information content (AvgIpc) is 3.16. The molecule has 1 N–H and O–H groups in total. The molecule has 0 saturated heterocycles. The van der Waals surface area contributed by atoms with Crippen molar-refractivity contribution in [2.24, 2.45) is 0 Å². The van der Waals surface area contributed by atoms with Gasteiger partial charge in [-0.3, -0.25) is 0 Å². The molecular weight excluding hydrogens is 292 g/mol. The molecule has 0 spiro atoms. The molecule has 0 bridgehead atoms. The first-order valence-electron chi connectivity index (χ1n) is 6.04. The third-order valence-electron chi connectivity index (χ3n) is 2.68. The van der Waals surface area contributed by atoms with Gasteiger partial charge in [-0.2, -0.15) is 4.98 Å². The molecule has 102 valence electrons. The van der Waals surface area contributed by atoms with Gasteiger partial charge in [-0.25, -0.2) is 0 Å². The summed E-state index contributed by atoms with van der Waals surface area (Å²) in [6.45, 7) is 0.0682. The molecule has 0 aliphatic rings. The van der Waals surface area contributed by atoms with E-state index in [-0.39, 0.29) is 6.61 Å².